The van der Waals surface area contributed by atoms with Crippen LogP contribution in [0.5, 0.6) is 5.75 Å². The Kier molecular flexibility index (Phi) is 3.96. The van der Waals surface area contributed by atoms with Crippen LogP contribution in [0, 0.1) is 0 Å². The molecule has 7 heteroatoms. The van der Waals surface area contributed by atoms with Crippen molar-refractivity contribution in [1.29, 1.82) is 0 Å². The molecule has 2 heterocycles. The number of halogens is 1. The highest BCUT2D eigenvalue weighted by Gasteiger charge is 2.54. The van der Waals surface area contributed by atoms with Crippen molar-refractivity contribution in [3.05, 3.63) is 50.7 Å². The number of rotatable bonds is 3. The minimum absolute atomic E-state index is 0.135. The summed E-state index contributed by atoms with van der Waals surface area (Å²) in [5.41, 5.74) is 0.732. The lowest BCUT2D eigenvalue weighted by atomic mass is 9.80. The summed E-state index contributed by atoms with van der Waals surface area (Å²) in [5, 5.41) is 5.48. The number of benzene rings is 1. The molecule has 1 spiro atoms. The van der Waals surface area contributed by atoms with Gasteiger partial charge in [0.2, 0.25) is 0 Å². The Morgan fingerprint density at radius 2 is 2.20 bits per heavy atom. The summed E-state index contributed by atoms with van der Waals surface area (Å²) in [7, 11) is 1.55. The quantitative estimate of drug-likeness (QED) is 0.831. The number of imide groups is 1. The molecule has 1 N–H and O–H groups in total. The normalized spacial score (nSPS) is 22.2. The van der Waals surface area contributed by atoms with Crippen LogP contribution in [0.3, 0.4) is 0 Å². The van der Waals surface area contributed by atoms with Crippen molar-refractivity contribution in [3.63, 3.8) is 0 Å². The van der Waals surface area contributed by atoms with E-state index in [4.69, 9.17) is 16.3 Å². The van der Waals surface area contributed by atoms with Gasteiger partial charge in [0.25, 0.3) is 5.91 Å². The van der Waals surface area contributed by atoms with E-state index in [1.807, 2.05) is 11.4 Å². The smallest absolute Gasteiger partial charge is 0.325 e. The van der Waals surface area contributed by atoms with E-state index in [-0.39, 0.29) is 18.5 Å². The monoisotopic (exact) mass is 376 g/mol. The van der Waals surface area contributed by atoms with Crippen LogP contribution in [-0.2, 0) is 23.3 Å². The number of nitrogens with one attached hydrogen (secondary N) is 1. The van der Waals surface area contributed by atoms with Crippen LogP contribution < -0.4 is 10.1 Å². The van der Waals surface area contributed by atoms with Gasteiger partial charge in [-0.1, -0.05) is 11.6 Å². The zero-order valence-electron chi connectivity index (χ0n) is 13.7. The molecule has 0 unspecified atom stereocenters. The standard InChI is InChI=1S/C18H17ClN2O3S/c1-24-14-5-4-12(19)9-11(14)10-21-16(22)18(20-17(21)23)7-2-3-15-13(18)6-8-25-15/h4-6,8-9H,2-3,7,10H2,1H3,(H,20,23)/t18-/m0/s1. The second kappa shape index (κ2) is 6.04. The van der Waals surface area contributed by atoms with Crippen LogP contribution in [0.4, 0.5) is 4.79 Å². The van der Waals surface area contributed by atoms with Crippen molar-refractivity contribution in [2.75, 3.05) is 7.11 Å². The zero-order valence-corrected chi connectivity index (χ0v) is 15.2. The molecule has 2 aromatic rings. The second-order valence-electron chi connectivity index (χ2n) is 6.29. The molecular weight excluding hydrogens is 360 g/mol. The number of aryl methyl sites for hydroxylation is 1. The molecule has 1 saturated heterocycles. The molecule has 0 bridgehead atoms. The molecule has 3 amide bonds. The zero-order chi connectivity index (χ0) is 17.6. The molecule has 1 aliphatic heterocycles. The van der Waals surface area contributed by atoms with Gasteiger partial charge in [-0.05, 0) is 48.9 Å². The average molecular weight is 377 g/mol. The van der Waals surface area contributed by atoms with Crippen LogP contribution in [0.1, 0.15) is 28.8 Å². The van der Waals surface area contributed by atoms with Crippen LogP contribution in [0.15, 0.2) is 29.6 Å². The first-order valence-corrected chi connectivity index (χ1v) is 9.34. The van der Waals surface area contributed by atoms with Gasteiger partial charge in [0.15, 0.2) is 0 Å². The third kappa shape index (κ3) is 2.51. The number of urea groups is 1. The number of amides is 3. The van der Waals surface area contributed by atoms with Crippen molar-refractivity contribution >= 4 is 34.9 Å². The number of nitrogens with zero attached hydrogens (tertiary/aromatic N) is 1. The third-order valence-electron chi connectivity index (χ3n) is 4.91. The summed E-state index contributed by atoms with van der Waals surface area (Å²) in [4.78, 5) is 28.3. The van der Waals surface area contributed by atoms with Crippen molar-refractivity contribution in [2.24, 2.45) is 0 Å². The number of ether oxygens (including phenoxy) is 1. The second-order valence-corrected chi connectivity index (χ2v) is 7.73. The summed E-state index contributed by atoms with van der Waals surface area (Å²) in [6, 6.07) is 6.77. The molecule has 1 aromatic carbocycles. The molecule has 25 heavy (non-hydrogen) atoms. The van der Waals surface area contributed by atoms with Crippen LogP contribution >= 0.6 is 22.9 Å². The molecule has 1 aromatic heterocycles. The van der Waals surface area contributed by atoms with Crippen LogP contribution in [0.25, 0.3) is 0 Å². The first-order chi connectivity index (χ1) is 12.0. The molecule has 130 valence electrons. The minimum Gasteiger partial charge on any atom is -0.496 e. The number of methoxy groups -OCH3 is 1. The first-order valence-electron chi connectivity index (χ1n) is 8.08. The Bertz CT molecular complexity index is 866. The lowest BCUT2D eigenvalue weighted by Crippen LogP contribution is -2.46. The number of carbonyl (C=O) groups excluding carboxylic acids is 2. The van der Waals surface area contributed by atoms with Gasteiger partial charge in [-0.25, -0.2) is 4.79 Å². The van der Waals surface area contributed by atoms with E-state index in [0.29, 0.717) is 22.8 Å². The molecule has 0 saturated carbocycles. The fourth-order valence-electron chi connectivity index (χ4n) is 3.73. The third-order valence-corrected chi connectivity index (χ3v) is 6.12. The number of hydrogen-bond acceptors (Lipinski definition) is 4. The number of carbonyl (C=O) groups is 2. The Morgan fingerprint density at radius 3 is 3.00 bits per heavy atom. The van der Waals surface area contributed by atoms with E-state index in [1.54, 1.807) is 36.6 Å². The predicted octanol–water partition coefficient (Wildman–Crippen LogP) is 3.69. The highest BCUT2D eigenvalue weighted by molar-refractivity contribution is 7.10. The van der Waals surface area contributed by atoms with Gasteiger partial charge in [0.1, 0.15) is 11.3 Å². The number of fused-ring (bicyclic) bond motifs is 2. The Hall–Kier alpha value is -2.05. The largest absolute Gasteiger partial charge is 0.496 e. The Balaban J connectivity index is 1.69. The van der Waals surface area contributed by atoms with Crippen LogP contribution in [-0.4, -0.2) is 23.9 Å². The van der Waals surface area contributed by atoms with Crippen molar-refractivity contribution in [2.45, 2.75) is 31.3 Å². The summed E-state index contributed by atoms with van der Waals surface area (Å²) >= 11 is 7.71. The van der Waals surface area contributed by atoms with Gasteiger partial charge < -0.3 is 10.1 Å². The van der Waals surface area contributed by atoms with Crippen molar-refractivity contribution in [3.8, 4) is 5.75 Å². The van der Waals surface area contributed by atoms with Gasteiger partial charge in [0, 0.05) is 21.0 Å². The van der Waals surface area contributed by atoms with E-state index < -0.39 is 5.54 Å². The average Bonchev–Trinajstić information content (AvgIpc) is 3.16. The highest BCUT2D eigenvalue weighted by Crippen LogP contribution is 2.42. The maximum atomic E-state index is 13.2. The minimum atomic E-state index is -0.920. The number of hydrogen-bond donors (Lipinski definition) is 1. The molecular formula is C18H17ClN2O3S. The van der Waals surface area contributed by atoms with E-state index in [2.05, 4.69) is 5.32 Å². The Labute approximate surface area is 154 Å². The molecule has 5 nitrogen and oxygen atoms in total. The molecule has 1 aliphatic carbocycles. The Morgan fingerprint density at radius 1 is 1.36 bits per heavy atom. The molecule has 0 radical (unpaired) electrons. The SMILES string of the molecule is COc1ccc(Cl)cc1CN1C(=O)N[C@]2(CCCc3sccc32)C1=O. The topological polar surface area (TPSA) is 58.6 Å². The number of thiophene rings is 1. The first kappa shape index (κ1) is 16.4. The van der Waals surface area contributed by atoms with E-state index in [9.17, 15) is 9.59 Å². The van der Waals surface area contributed by atoms with Crippen molar-refractivity contribution < 1.29 is 14.3 Å². The van der Waals surface area contributed by atoms with Gasteiger partial charge in [-0.3, -0.25) is 9.69 Å². The summed E-state index contributed by atoms with van der Waals surface area (Å²) in [6.45, 7) is 0.135. The van der Waals surface area contributed by atoms with Gasteiger partial charge in [-0.15, -0.1) is 11.3 Å². The molecule has 4 rings (SSSR count). The highest BCUT2D eigenvalue weighted by atomic mass is 35.5. The van der Waals surface area contributed by atoms with Crippen molar-refractivity contribution in [1.82, 2.24) is 10.2 Å². The molecule has 1 atom stereocenters. The summed E-state index contributed by atoms with van der Waals surface area (Å²) in [5.74, 6) is 0.407. The lowest BCUT2D eigenvalue weighted by Gasteiger charge is -2.31. The summed E-state index contributed by atoms with van der Waals surface area (Å²) in [6.07, 6.45) is 2.47. The summed E-state index contributed by atoms with van der Waals surface area (Å²) < 4.78 is 5.34. The van der Waals surface area contributed by atoms with E-state index in [1.165, 1.54) is 9.78 Å². The maximum Gasteiger partial charge on any atom is 0.325 e. The van der Waals surface area contributed by atoms with Crippen LogP contribution in [0.2, 0.25) is 5.02 Å². The van der Waals surface area contributed by atoms with E-state index in [0.717, 1.165) is 18.4 Å². The van der Waals surface area contributed by atoms with Gasteiger partial charge >= 0.3 is 6.03 Å². The van der Waals surface area contributed by atoms with Gasteiger partial charge in [0.05, 0.1) is 13.7 Å². The molecule has 1 fully saturated rings. The molecule has 2 aliphatic rings. The lowest BCUT2D eigenvalue weighted by molar-refractivity contribution is -0.132. The van der Waals surface area contributed by atoms with E-state index >= 15 is 0 Å². The predicted molar refractivity (Wildman–Crippen MR) is 96.0 cm³/mol. The fourth-order valence-corrected chi connectivity index (χ4v) is 4.92. The maximum absolute atomic E-state index is 13.2. The van der Waals surface area contributed by atoms with Gasteiger partial charge in [-0.2, -0.15) is 0 Å². The fraction of sp³-hybridized carbons (Fsp3) is 0.333.